The lowest BCUT2D eigenvalue weighted by Gasteiger charge is -2.59. The highest BCUT2D eigenvalue weighted by atomic mass is 16.8. The lowest BCUT2D eigenvalue weighted by Crippen LogP contribution is -2.63. The van der Waals surface area contributed by atoms with Gasteiger partial charge >= 0.3 is 12.2 Å². The maximum absolute atomic E-state index is 14.5. The molecule has 0 spiro atoms. The van der Waals surface area contributed by atoms with Crippen LogP contribution in [0.5, 0.6) is 0 Å². The Kier molecular flexibility index (Phi) is 14.8. The summed E-state index contributed by atoms with van der Waals surface area (Å²) < 4.78 is 24.0. The average Bonchev–Trinajstić information content (AvgIpc) is 3.71. The van der Waals surface area contributed by atoms with Crippen LogP contribution in [0.3, 0.4) is 0 Å². The normalized spacial score (nSPS) is 31.4. The van der Waals surface area contributed by atoms with Crippen LogP contribution in [0.2, 0.25) is 0 Å². The molecule has 6 rings (SSSR count). The van der Waals surface area contributed by atoms with Crippen LogP contribution in [0.25, 0.3) is 0 Å². The number of rotatable bonds is 19. The van der Waals surface area contributed by atoms with Crippen molar-refractivity contribution in [2.75, 3.05) is 13.2 Å². The Labute approximate surface area is 369 Å². The standard InChI is InChI=1S/C48H65N3O12/c1-7-9-41-62-40-23-35-33-16-15-31-22-32(53)17-18-46(31,5)42(33)38(55)24-47(35,6)48(40,63-41)39(56)26-61-45(59)60-25-30-13-11-29(12-14-30)21-37(54)36(10-8-19-50-44(49)58)51-43(57)34(27(2)3)20-28(4)52/h11-14,17-18,22,27,33-36,38,40-42,55H,7-10,15-16,19-21,23-26H2,1-6H3,(H,51,57)(H3,49,50,58)/t33-,34-,35-,36-,38-,40+,41?,42+,46-,47-,48+/m0/s1. The highest BCUT2D eigenvalue weighted by Crippen LogP contribution is 2.69. The molecule has 5 N–H and O–H groups in total. The topological polar surface area (TPSA) is 227 Å². The van der Waals surface area contributed by atoms with Gasteiger partial charge < -0.3 is 45.2 Å². The first kappa shape index (κ1) is 47.7. The number of nitrogens with two attached hydrogens (primary N) is 1. The second kappa shape index (κ2) is 19.6. The Morgan fingerprint density at radius 2 is 1.76 bits per heavy atom. The van der Waals surface area contributed by atoms with E-state index in [0.717, 1.165) is 24.8 Å². The van der Waals surface area contributed by atoms with Crippen LogP contribution < -0.4 is 16.4 Å². The molecule has 4 fully saturated rings. The van der Waals surface area contributed by atoms with Crippen molar-refractivity contribution in [2.24, 2.45) is 46.2 Å². The minimum atomic E-state index is -1.45. The zero-order chi connectivity index (χ0) is 45.9. The summed E-state index contributed by atoms with van der Waals surface area (Å²) in [5.74, 6) is -2.10. The number of nitrogens with one attached hydrogen (secondary N) is 2. The molecule has 0 bridgehead atoms. The van der Waals surface area contributed by atoms with Gasteiger partial charge in [-0.3, -0.25) is 19.2 Å². The van der Waals surface area contributed by atoms with Crippen LogP contribution in [0.15, 0.2) is 48.1 Å². The smallest absolute Gasteiger partial charge is 0.429 e. The van der Waals surface area contributed by atoms with Gasteiger partial charge in [0.2, 0.25) is 11.7 Å². The Balaban J connectivity index is 1.07. The van der Waals surface area contributed by atoms with Crippen molar-refractivity contribution >= 4 is 41.2 Å². The van der Waals surface area contributed by atoms with Crippen LogP contribution >= 0.6 is 0 Å². The van der Waals surface area contributed by atoms with Gasteiger partial charge in [-0.15, -0.1) is 0 Å². The van der Waals surface area contributed by atoms with E-state index in [-0.39, 0.29) is 85.8 Å². The fraction of sp³-hybridized carbons (Fsp3) is 0.646. The van der Waals surface area contributed by atoms with Crippen LogP contribution in [-0.2, 0) is 55.9 Å². The molecule has 1 unspecified atom stereocenters. The summed E-state index contributed by atoms with van der Waals surface area (Å²) in [6, 6.07) is 5.26. The Morgan fingerprint density at radius 3 is 2.43 bits per heavy atom. The van der Waals surface area contributed by atoms with Gasteiger partial charge in [0.15, 0.2) is 30.1 Å². The van der Waals surface area contributed by atoms with E-state index in [9.17, 15) is 38.7 Å². The molecule has 11 atom stereocenters. The van der Waals surface area contributed by atoms with E-state index in [1.165, 1.54) is 6.92 Å². The molecule has 0 aromatic heterocycles. The van der Waals surface area contributed by atoms with Crippen molar-refractivity contribution in [1.29, 1.82) is 0 Å². The van der Waals surface area contributed by atoms with Gasteiger partial charge in [0.1, 0.15) is 12.4 Å². The van der Waals surface area contributed by atoms with Crippen molar-refractivity contribution < 1.29 is 57.6 Å². The van der Waals surface area contributed by atoms with E-state index in [1.807, 2.05) is 33.8 Å². The van der Waals surface area contributed by atoms with E-state index in [2.05, 4.69) is 17.6 Å². The van der Waals surface area contributed by atoms with Crippen molar-refractivity contribution in [3.8, 4) is 0 Å². The number of Topliss-reactive ketones (excluding diaryl/α,β-unsaturated/α-hetero) is 3. The van der Waals surface area contributed by atoms with E-state index < -0.39 is 71.5 Å². The van der Waals surface area contributed by atoms with Gasteiger partial charge in [0.05, 0.1) is 18.2 Å². The SMILES string of the molecule is CCCC1O[C@@H]2C[C@H]3[C@@H]4CCC5=CC(=O)C=C[C@]5(C)[C@H]4[C@@H](O)C[C@]3(C)[C@]2(C(=O)COC(=O)OCc2ccc(CC(=O)[C@H](CCCNC(N)=O)NC(=O)[C@@H](CC(C)=O)C(C)C)cc2)O1. The number of amides is 3. The van der Waals surface area contributed by atoms with Crippen molar-refractivity contribution in [1.82, 2.24) is 10.6 Å². The fourth-order valence-electron chi connectivity index (χ4n) is 11.5. The molecule has 15 heteroatoms. The predicted molar refractivity (Wildman–Crippen MR) is 229 cm³/mol. The minimum Gasteiger partial charge on any atom is -0.429 e. The zero-order valence-corrected chi connectivity index (χ0v) is 37.4. The summed E-state index contributed by atoms with van der Waals surface area (Å²) in [6.07, 6.45) is 6.56. The molecule has 15 nitrogen and oxygen atoms in total. The van der Waals surface area contributed by atoms with E-state index >= 15 is 0 Å². The van der Waals surface area contributed by atoms with Gasteiger partial charge in [0.25, 0.3) is 0 Å². The number of carbonyl (C=O) groups excluding carboxylic acids is 7. The third-order valence-electron chi connectivity index (χ3n) is 14.6. The molecule has 4 aliphatic carbocycles. The largest absolute Gasteiger partial charge is 0.509 e. The summed E-state index contributed by atoms with van der Waals surface area (Å²) in [5.41, 5.74) is 4.72. The highest BCUT2D eigenvalue weighted by molar-refractivity contribution is 6.01. The fourth-order valence-corrected chi connectivity index (χ4v) is 11.5. The molecule has 3 saturated carbocycles. The number of fused-ring (bicyclic) bond motifs is 7. The molecular formula is C48H65N3O12. The molecule has 3 amide bonds. The first-order valence-corrected chi connectivity index (χ1v) is 22.5. The second-order valence-electron chi connectivity index (χ2n) is 19.1. The van der Waals surface area contributed by atoms with Crippen LogP contribution in [0.1, 0.15) is 110 Å². The Bertz CT molecular complexity index is 2000. The van der Waals surface area contributed by atoms with Crippen molar-refractivity contribution in [3.63, 3.8) is 0 Å². The summed E-state index contributed by atoms with van der Waals surface area (Å²) in [6.45, 7) is 10.7. The monoisotopic (exact) mass is 875 g/mol. The lowest BCUT2D eigenvalue weighted by atomic mass is 9.46. The molecule has 63 heavy (non-hydrogen) atoms. The number of hydrogen-bond acceptors (Lipinski definition) is 12. The second-order valence-corrected chi connectivity index (χ2v) is 19.1. The average molecular weight is 876 g/mol. The molecule has 1 aromatic carbocycles. The first-order valence-electron chi connectivity index (χ1n) is 22.5. The number of urea groups is 1. The zero-order valence-electron chi connectivity index (χ0n) is 37.4. The summed E-state index contributed by atoms with van der Waals surface area (Å²) in [4.78, 5) is 89.5. The van der Waals surface area contributed by atoms with Crippen LogP contribution in [0.4, 0.5) is 9.59 Å². The molecular weight excluding hydrogens is 811 g/mol. The minimum absolute atomic E-state index is 0.0140. The van der Waals surface area contributed by atoms with E-state index in [0.29, 0.717) is 30.4 Å². The third kappa shape index (κ3) is 9.85. The predicted octanol–water partition coefficient (Wildman–Crippen LogP) is 5.37. The van der Waals surface area contributed by atoms with Gasteiger partial charge in [0, 0.05) is 42.1 Å². The molecule has 344 valence electrons. The Morgan fingerprint density at radius 1 is 1.05 bits per heavy atom. The van der Waals surface area contributed by atoms with E-state index in [1.54, 1.807) is 36.4 Å². The summed E-state index contributed by atoms with van der Waals surface area (Å²) >= 11 is 0. The highest BCUT2D eigenvalue weighted by Gasteiger charge is 2.76. The lowest BCUT2D eigenvalue weighted by molar-refractivity contribution is -0.200. The molecule has 1 heterocycles. The number of hydrogen-bond donors (Lipinski definition) is 4. The number of primary amides is 1. The first-order chi connectivity index (χ1) is 29.8. The van der Waals surface area contributed by atoms with E-state index in [4.69, 9.17) is 24.7 Å². The number of ketones is 4. The van der Waals surface area contributed by atoms with Crippen molar-refractivity contribution in [2.45, 2.75) is 142 Å². The van der Waals surface area contributed by atoms with Gasteiger partial charge in [-0.25, -0.2) is 9.59 Å². The molecule has 1 saturated heterocycles. The molecule has 0 radical (unpaired) electrons. The number of aliphatic hydroxyl groups is 1. The molecule has 5 aliphatic rings. The number of aliphatic hydroxyl groups excluding tert-OH is 1. The van der Waals surface area contributed by atoms with Crippen molar-refractivity contribution in [3.05, 3.63) is 59.2 Å². The van der Waals surface area contributed by atoms with Gasteiger partial charge in [-0.05, 0) is 92.9 Å². The van der Waals surface area contributed by atoms with Gasteiger partial charge in [-0.2, -0.15) is 0 Å². The number of allylic oxidation sites excluding steroid dienone is 4. The number of benzene rings is 1. The number of carbonyl (C=O) groups is 7. The third-order valence-corrected chi connectivity index (χ3v) is 14.6. The van der Waals surface area contributed by atoms with Gasteiger partial charge in [-0.1, -0.05) is 77.0 Å². The molecule has 1 aromatic rings. The van der Waals surface area contributed by atoms with Crippen LogP contribution in [-0.4, -0.2) is 89.6 Å². The molecule has 1 aliphatic heterocycles. The summed E-state index contributed by atoms with van der Waals surface area (Å²) in [7, 11) is 0. The maximum atomic E-state index is 14.5. The summed E-state index contributed by atoms with van der Waals surface area (Å²) in [5, 5.41) is 17.3. The Hall–Kier alpha value is -4.73. The quantitative estimate of drug-likeness (QED) is 0.102. The van der Waals surface area contributed by atoms with Crippen LogP contribution in [0, 0.1) is 40.4 Å². The number of ether oxygens (including phenoxy) is 4. The maximum Gasteiger partial charge on any atom is 0.509 e.